The van der Waals surface area contributed by atoms with Crippen molar-refractivity contribution in [2.75, 3.05) is 6.54 Å². The van der Waals surface area contributed by atoms with Crippen molar-refractivity contribution in [1.82, 2.24) is 10.2 Å². The summed E-state index contributed by atoms with van der Waals surface area (Å²) in [5.74, 6) is 2.11. The number of amides is 1. The van der Waals surface area contributed by atoms with Crippen molar-refractivity contribution in [2.24, 2.45) is 0 Å². The molecule has 1 aliphatic heterocycles. The minimum atomic E-state index is 0.0204. The van der Waals surface area contributed by atoms with Crippen molar-refractivity contribution in [3.05, 3.63) is 23.2 Å². The summed E-state index contributed by atoms with van der Waals surface area (Å²) in [7, 11) is 0. The lowest BCUT2D eigenvalue weighted by Gasteiger charge is -2.37. The summed E-state index contributed by atoms with van der Waals surface area (Å²) in [6.07, 6.45) is 4.50. The van der Waals surface area contributed by atoms with E-state index < -0.39 is 0 Å². The zero-order valence-corrected chi connectivity index (χ0v) is 12.6. The lowest BCUT2D eigenvalue weighted by molar-refractivity contribution is -0.138. The van der Waals surface area contributed by atoms with Gasteiger partial charge in [-0.05, 0) is 52.5 Å². The summed E-state index contributed by atoms with van der Waals surface area (Å²) in [6, 6.07) is 2.76. The summed E-state index contributed by atoms with van der Waals surface area (Å²) in [5, 5.41) is 3.48. The van der Waals surface area contributed by atoms with Gasteiger partial charge in [0.25, 0.3) is 0 Å². The van der Waals surface area contributed by atoms with E-state index in [1.807, 2.05) is 18.7 Å². The van der Waals surface area contributed by atoms with E-state index in [2.05, 4.69) is 18.3 Å². The quantitative estimate of drug-likeness (QED) is 0.919. The molecule has 0 aromatic carbocycles. The average Bonchev–Trinajstić information content (AvgIpc) is 3.15. The van der Waals surface area contributed by atoms with E-state index in [1.165, 1.54) is 12.8 Å². The first-order chi connectivity index (χ1) is 9.56. The predicted molar refractivity (Wildman–Crippen MR) is 77.5 cm³/mol. The number of piperidine rings is 1. The number of hydrogen-bond donors (Lipinski definition) is 1. The van der Waals surface area contributed by atoms with Crippen molar-refractivity contribution in [3.63, 3.8) is 0 Å². The van der Waals surface area contributed by atoms with E-state index >= 15 is 0 Å². The van der Waals surface area contributed by atoms with Crippen molar-refractivity contribution >= 4 is 5.91 Å². The Morgan fingerprint density at radius 1 is 1.35 bits per heavy atom. The second-order valence-electron chi connectivity index (χ2n) is 6.21. The third-order valence-electron chi connectivity index (χ3n) is 4.48. The number of likely N-dealkylation sites (tertiary alicyclic amines) is 1. The second-order valence-corrected chi connectivity index (χ2v) is 6.21. The highest BCUT2D eigenvalue weighted by Crippen LogP contribution is 2.30. The van der Waals surface area contributed by atoms with Crippen LogP contribution in [0.4, 0.5) is 0 Å². The number of aryl methyl sites for hydroxylation is 2. The molecule has 110 valence electrons. The van der Waals surface area contributed by atoms with Gasteiger partial charge in [0, 0.05) is 18.2 Å². The van der Waals surface area contributed by atoms with Gasteiger partial charge in [-0.25, -0.2) is 0 Å². The van der Waals surface area contributed by atoms with E-state index in [0.29, 0.717) is 6.04 Å². The Morgan fingerprint density at radius 3 is 2.70 bits per heavy atom. The topological polar surface area (TPSA) is 45.5 Å². The summed E-state index contributed by atoms with van der Waals surface area (Å²) < 4.78 is 5.61. The van der Waals surface area contributed by atoms with Crippen molar-refractivity contribution in [1.29, 1.82) is 0 Å². The Bertz CT molecular complexity index is 505. The molecule has 2 atom stereocenters. The maximum absolute atomic E-state index is 12.7. The first-order valence-electron chi connectivity index (χ1n) is 7.69. The van der Waals surface area contributed by atoms with Crippen LogP contribution in [0, 0.1) is 13.8 Å². The Morgan fingerprint density at radius 2 is 2.10 bits per heavy atom. The summed E-state index contributed by atoms with van der Waals surface area (Å²) in [5.41, 5.74) is 1.14. The molecule has 1 aromatic rings. The Hall–Kier alpha value is -1.29. The summed E-state index contributed by atoms with van der Waals surface area (Å²) >= 11 is 0. The maximum Gasteiger partial charge on any atom is 0.240 e. The molecule has 0 bridgehead atoms. The van der Waals surface area contributed by atoms with Gasteiger partial charge in [0.15, 0.2) is 0 Å². The molecule has 0 spiro atoms. The predicted octanol–water partition coefficient (Wildman–Crippen LogP) is 2.70. The molecule has 1 N–H and O–H groups in total. The maximum atomic E-state index is 12.7. The van der Waals surface area contributed by atoms with Crippen LogP contribution in [-0.4, -0.2) is 29.4 Å². The third kappa shape index (κ3) is 2.62. The number of carbonyl (C=O) groups excluding carboxylic acids is 1. The van der Waals surface area contributed by atoms with Crippen LogP contribution < -0.4 is 5.32 Å². The fraction of sp³-hybridized carbons (Fsp3) is 0.688. The van der Waals surface area contributed by atoms with Gasteiger partial charge in [-0.3, -0.25) is 4.79 Å². The lowest BCUT2D eigenvalue weighted by atomic mass is 9.99. The van der Waals surface area contributed by atoms with Crippen LogP contribution in [0.15, 0.2) is 10.5 Å². The highest BCUT2D eigenvalue weighted by Gasteiger charge is 2.36. The number of nitrogens with one attached hydrogen (secondary N) is 1. The van der Waals surface area contributed by atoms with Gasteiger partial charge in [-0.15, -0.1) is 0 Å². The molecule has 4 nitrogen and oxygen atoms in total. The molecular formula is C16H24N2O2. The normalized spacial score (nSPS) is 25.1. The van der Waals surface area contributed by atoms with Crippen LogP contribution in [0.1, 0.15) is 55.7 Å². The van der Waals surface area contributed by atoms with Gasteiger partial charge in [0.05, 0.1) is 12.1 Å². The molecule has 1 amide bonds. The van der Waals surface area contributed by atoms with Crippen LogP contribution in [-0.2, 0) is 4.79 Å². The van der Waals surface area contributed by atoms with Crippen LogP contribution in [0.3, 0.4) is 0 Å². The zero-order valence-electron chi connectivity index (χ0n) is 12.6. The number of rotatable bonds is 4. The molecule has 1 saturated heterocycles. The molecule has 20 heavy (non-hydrogen) atoms. The highest BCUT2D eigenvalue weighted by molar-refractivity contribution is 5.83. The number of carbonyl (C=O) groups is 1. The Balaban J connectivity index is 1.74. The van der Waals surface area contributed by atoms with Gasteiger partial charge in [0.1, 0.15) is 11.5 Å². The van der Waals surface area contributed by atoms with E-state index in [4.69, 9.17) is 4.42 Å². The Labute approximate surface area is 120 Å². The zero-order chi connectivity index (χ0) is 14.3. The smallest absolute Gasteiger partial charge is 0.240 e. The largest absolute Gasteiger partial charge is 0.466 e. The van der Waals surface area contributed by atoms with Crippen molar-refractivity contribution in [2.45, 2.75) is 64.6 Å². The van der Waals surface area contributed by atoms with Crippen molar-refractivity contribution < 1.29 is 9.21 Å². The Kier molecular flexibility index (Phi) is 3.59. The molecule has 0 radical (unpaired) electrons. The van der Waals surface area contributed by atoms with E-state index in [0.717, 1.165) is 36.5 Å². The van der Waals surface area contributed by atoms with Crippen LogP contribution in [0.2, 0.25) is 0 Å². The number of furan rings is 1. The fourth-order valence-corrected chi connectivity index (χ4v) is 3.21. The molecule has 2 heterocycles. The molecule has 2 fully saturated rings. The molecule has 1 aliphatic carbocycles. The van der Waals surface area contributed by atoms with Crippen LogP contribution >= 0.6 is 0 Å². The van der Waals surface area contributed by atoms with Gasteiger partial charge >= 0.3 is 0 Å². The first kappa shape index (κ1) is 13.7. The molecule has 2 aliphatic rings. The molecular weight excluding hydrogens is 252 g/mol. The monoisotopic (exact) mass is 276 g/mol. The lowest BCUT2D eigenvalue weighted by Crippen LogP contribution is -2.51. The van der Waals surface area contributed by atoms with Crippen LogP contribution in [0.25, 0.3) is 0 Å². The number of nitrogens with zero attached hydrogens (tertiary/aromatic N) is 1. The summed E-state index contributed by atoms with van der Waals surface area (Å²) in [4.78, 5) is 14.7. The fourth-order valence-electron chi connectivity index (χ4n) is 3.21. The molecule has 1 saturated carbocycles. The molecule has 2 unspecified atom stereocenters. The van der Waals surface area contributed by atoms with Gasteiger partial charge < -0.3 is 14.6 Å². The standard InChI is InChI=1S/C16H24N2O2/c1-10-9-14(12(3)20-10)11(2)18-8-4-5-15(16(18)19)17-13-6-7-13/h9,11,13,15,17H,4-8H2,1-3H3. The summed E-state index contributed by atoms with van der Waals surface area (Å²) in [6.45, 7) is 6.90. The minimum absolute atomic E-state index is 0.0204. The minimum Gasteiger partial charge on any atom is -0.466 e. The van der Waals surface area contributed by atoms with Gasteiger partial charge in [0.2, 0.25) is 5.91 Å². The van der Waals surface area contributed by atoms with E-state index in [-0.39, 0.29) is 18.0 Å². The average molecular weight is 276 g/mol. The first-order valence-corrected chi connectivity index (χ1v) is 7.69. The third-order valence-corrected chi connectivity index (χ3v) is 4.48. The van der Waals surface area contributed by atoms with Gasteiger partial charge in [-0.2, -0.15) is 0 Å². The van der Waals surface area contributed by atoms with E-state index in [1.54, 1.807) is 0 Å². The number of hydrogen-bond acceptors (Lipinski definition) is 3. The molecule has 3 rings (SSSR count). The van der Waals surface area contributed by atoms with Gasteiger partial charge in [-0.1, -0.05) is 0 Å². The molecule has 1 aromatic heterocycles. The van der Waals surface area contributed by atoms with E-state index in [9.17, 15) is 4.79 Å². The second kappa shape index (κ2) is 5.24. The molecule has 4 heteroatoms. The van der Waals surface area contributed by atoms with Crippen LogP contribution in [0.5, 0.6) is 0 Å². The SMILES string of the molecule is Cc1cc(C(C)N2CCCC(NC3CC3)C2=O)c(C)o1. The van der Waals surface area contributed by atoms with Crippen molar-refractivity contribution in [3.8, 4) is 0 Å². The highest BCUT2D eigenvalue weighted by atomic mass is 16.3.